The molecule has 0 aromatic heterocycles. The second-order valence-corrected chi connectivity index (χ2v) is 2.36. The van der Waals surface area contributed by atoms with Crippen molar-refractivity contribution in [2.45, 2.75) is 24.6 Å². The first kappa shape index (κ1) is 15.0. The number of halogens is 9. The molecule has 0 spiro atoms. The first-order valence-corrected chi connectivity index (χ1v) is 3.17. The van der Waals surface area contributed by atoms with Crippen molar-refractivity contribution in [1.29, 1.82) is 0 Å². The molecule has 2 nitrogen and oxygen atoms in total. The van der Waals surface area contributed by atoms with Gasteiger partial charge in [0, 0.05) is 0 Å². The lowest BCUT2D eigenvalue weighted by Gasteiger charge is -2.24. The zero-order valence-electron chi connectivity index (χ0n) is 6.80. The highest BCUT2D eigenvalue weighted by atomic mass is 19.4. The molecular weight excluding hydrogens is 263 g/mol. The van der Waals surface area contributed by atoms with Gasteiger partial charge >= 0.3 is 24.5 Å². The van der Waals surface area contributed by atoms with Crippen molar-refractivity contribution >= 4 is 6.04 Å². The summed E-state index contributed by atoms with van der Waals surface area (Å²) in [5.74, 6) is 0. The van der Waals surface area contributed by atoms with Gasteiger partial charge in [0.1, 0.15) is 0 Å². The monoisotopic (exact) mass is 264 g/mol. The van der Waals surface area contributed by atoms with E-state index in [1.54, 1.807) is 0 Å². The van der Waals surface area contributed by atoms with E-state index in [4.69, 9.17) is 0 Å². The Morgan fingerprint density at radius 1 is 0.938 bits per heavy atom. The van der Waals surface area contributed by atoms with E-state index in [0.717, 1.165) is 0 Å². The van der Waals surface area contributed by atoms with E-state index in [9.17, 15) is 44.3 Å². The number of rotatable bonds is 3. The van der Waals surface area contributed by atoms with Crippen LogP contribution in [0, 0.1) is 0 Å². The minimum absolute atomic E-state index is 2.12. The van der Waals surface area contributed by atoms with E-state index in [0.29, 0.717) is 0 Å². The largest absolute Gasteiger partial charge is 0.482 e. The number of hydrogen-bond donors (Lipinski definition) is 0. The summed E-state index contributed by atoms with van der Waals surface area (Å²) in [6.07, 6.45) is -23.3. The van der Waals surface area contributed by atoms with Gasteiger partial charge in [-0.3, -0.25) is 9.53 Å². The molecule has 16 heavy (non-hydrogen) atoms. The number of carbonyl (C=O) groups excluding carboxylic acids is 1. The van der Waals surface area contributed by atoms with Gasteiger partial charge in [0.25, 0.3) is 0 Å². The van der Waals surface area contributed by atoms with Crippen molar-refractivity contribution in [3.63, 3.8) is 0 Å². The molecule has 0 aromatic carbocycles. The Morgan fingerprint density at radius 3 is 1.50 bits per heavy atom. The SMILES string of the molecule is O=C(F)C(OC(F)(F)C(F)(F)F)C(F)(F)F. The number of carbonyl (C=O) groups is 1. The third-order valence-corrected chi connectivity index (χ3v) is 1.10. The van der Waals surface area contributed by atoms with Crippen LogP contribution in [0.3, 0.4) is 0 Å². The topological polar surface area (TPSA) is 26.3 Å². The van der Waals surface area contributed by atoms with Crippen molar-refractivity contribution in [3.8, 4) is 0 Å². The molecular formula is C5HF9O2. The molecule has 0 aromatic rings. The van der Waals surface area contributed by atoms with Crippen molar-refractivity contribution < 1.29 is 49.0 Å². The van der Waals surface area contributed by atoms with Crippen LogP contribution in [0.25, 0.3) is 0 Å². The van der Waals surface area contributed by atoms with Crippen molar-refractivity contribution in [3.05, 3.63) is 0 Å². The minimum Gasteiger partial charge on any atom is -0.289 e. The lowest BCUT2D eigenvalue weighted by atomic mass is 10.3. The molecule has 0 N–H and O–H groups in total. The highest BCUT2D eigenvalue weighted by molar-refractivity contribution is 5.74. The molecule has 96 valence electrons. The molecule has 0 aliphatic heterocycles. The smallest absolute Gasteiger partial charge is 0.289 e. The molecule has 0 fully saturated rings. The normalized spacial score (nSPS) is 16.1. The summed E-state index contributed by atoms with van der Waals surface area (Å²) in [6.45, 7) is 0. The Bertz CT molecular complexity index is 264. The first-order valence-electron chi connectivity index (χ1n) is 3.17. The fraction of sp³-hybridized carbons (Fsp3) is 0.800. The van der Waals surface area contributed by atoms with Gasteiger partial charge in [-0.1, -0.05) is 0 Å². The van der Waals surface area contributed by atoms with Gasteiger partial charge in [0.2, 0.25) is 6.10 Å². The highest BCUT2D eigenvalue weighted by Gasteiger charge is 2.64. The van der Waals surface area contributed by atoms with Gasteiger partial charge in [-0.25, -0.2) is 0 Å². The van der Waals surface area contributed by atoms with Crippen LogP contribution in [-0.2, 0) is 9.53 Å². The van der Waals surface area contributed by atoms with Gasteiger partial charge in [-0.15, -0.1) is 0 Å². The van der Waals surface area contributed by atoms with E-state index in [-0.39, 0.29) is 0 Å². The van der Waals surface area contributed by atoms with E-state index in [2.05, 4.69) is 4.74 Å². The average molecular weight is 264 g/mol. The molecule has 1 atom stereocenters. The van der Waals surface area contributed by atoms with Gasteiger partial charge in [-0.2, -0.15) is 39.5 Å². The highest BCUT2D eigenvalue weighted by Crippen LogP contribution is 2.39. The fourth-order valence-corrected chi connectivity index (χ4v) is 0.457. The summed E-state index contributed by atoms with van der Waals surface area (Å²) in [5.41, 5.74) is 0. The molecule has 0 saturated heterocycles. The summed E-state index contributed by atoms with van der Waals surface area (Å²) in [7, 11) is 0. The Balaban J connectivity index is 4.99. The van der Waals surface area contributed by atoms with Crippen LogP contribution in [0.2, 0.25) is 0 Å². The van der Waals surface area contributed by atoms with Crippen LogP contribution in [0.1, 0.15) is 0 Å². The van der Waals surface area contributed by atoms with Crippen LogP contribution in [0.5, 0.6) is 0 Å². The van der Waals surface area contributed by atoms with Crippen LogP contribution < -0.4 is 0 Å². The third-order valence-electron chi connectivity index (χ3n) is 1.10. The molecule has 0 bridgehead atoms. The molecule has 1 unspecified atom stereocenters. The Hall–Kier alpha value is -1.00. The Labute approximate surface area is 81.0 Å². The minimum atomic E-state index is -6.49. The summed E-state index contributed by atoms with van der Waals surface area (Å²) < 4.78 is 106. The maximum Gasteiger partial charge on any atom is 0.482 e. The molecule has 0 heterocycles. The second kappa shape index (κ2) is 4.11. The van der Waals surface area contributed by atoms with Gasteiger partial charge < -0.3 is 0 Å². The number of ether oxygens (including phenoxy) is 1. The molecule has 11 heteroatoms. The zero-order chi connectivity index (χ0) is 13.4. The van der Waals surface area contributed by atoms with Gasteiger partial charge in [-0.05, 0) is 0 Å². The summed E-state index contributed by atoms with van der Waals surface area (Å²) >= 11 is 0. The molecule has 0 saturated carbocycles. The predicted molar refractivity (Wildman–Crippen MR) is 28.0 cm³/mol. The number of alkyl halides is 8. The van der Waals surface area contributed by atoms with Gasteiger partial charge in [0.05, 0.1) is 0 Å². The van der Waals surface area contributed by atoms with E-state index in [1.807, 2.05) is 0 Å². The quantitative estimate of drug-likeness (QED) is 0.578. The Morgan fingerprint density at radius 2 is 1.31 bits per heavy atom. The van der Waals surface area contributed by atoms with Crippen LogP contribution in [0.15, 0.2) is 0 Å². The van der Waals surface area contributed by atoms with E-state index < -0.39 is 30.6 Å². The van der Waals surface area contributed by atoms with E-state index >= 15 is 0 Å². The lowest BCUT2D eigenvalue weighted by molar-refractivity contribution is -0.416. The van der Waals surface area contributed by atoms with Gasteiger partial charge in [0.15, 0.2) is 0 Å². The van der Waals surface area contributed by atoms with Crippen LogP contribution in [0.4, 0.5) is 39.5 Å². The number of hydrogen-bond acceptors (Lipinski definition) is 2. The zero-order valence-corrected chi connectivity index (χ0v) is 6.80. The summed E-state index contributed by atoms with van der Waals surface area (Å²) in [5, 5.41) is 0. The van der Waals surface area contributed by atoms with Crippen molar-refractivity contribution in [1.82, 2.24) is 0 Å². The first-order chi connectivity index (χ1) is 6.79. The molecule has 0 radical (unpaired) electrons. The van der Waals surface area contributed by atoms with Crippen molar-refractivity contribution in [2.75, 3.05) is 0 Å². The summed E-state index contributed by atoms with van der Waals surface area (Å²) in [6, 6.07) is -3.50. The molecule has 0 amide bonds. The van der Waals surface area contributed by atoms with E-state index in [1.165, 1.54) is 0 Å². The van der Waals surface area contributed by atoms with Crippen molar-refractivity contribution in [2.24, 2.45) is 0 Å². The summed E-state index contributed by atoms with van der Waals surface area (Å²) in [4.78, 5) is 9.58. The molecule has 0 aliphatic rings. The molecule has 0 rings (SSSR count). The average Bonchev–Trinajstić information content (AvgIpc) is 1.95. The fourth-order valence-electron chi connectivity index (χ4n) is 0.457. The molecule has 0 aliphatic carbocycles. The standard InChI is InChI=1S/C5HF9O2/c6-2(15)1(3(7,8)9)16-5(13,14)4(10,11)12/h1H. The van der Waals surface area contributed by atoms with Crippen LogP contribution in [-0.4, -0.2) is 30.6 Å². The predicted octanol–water partition coefficient (Wildman–Crippen LogP) is 2.59. The second-order valence-electron chi connectivity index (χ2n) is 2.36. The maximum absolute atomic E-state index is 11.9. The lowest BCUT2D eigenvalue weighted by Crippen LogP contribution is -2.48. The van der Waals surface area contributed by atoms with Crippen LogP contribution >= 0.6 is 0 Å². The maximum atomic E-state index is 11.9. The Kier molecular flexibility index (Phi) is 3.85. The third kappa shape index (κ3) is 3.54.